The minimum Gasteiger partial charge on any atom is -0.235 e. The van der Waals surface area contributed by atoms with E-state index >= 15 is 0 Å². The summed E-state index contributed by atoms with van der Waals surface area (Å²) in [5.74, 6) is 0. The molecule has 0 saturated heterocycles. The number of halogens is 1. The van der Waals surface area contributed by atoms with Gasteiger partial charge < -0.3 is 0 Å². The lowest BCUT2D eigenvalue weighted by atomic mass is 10.1. The molecule has 1 heterocycles. The predicted octanol–water partition coefficient (Wildman–Crippen LogP) is 0.316. The van der Waals surface area contributed by atoms with Gasteiger partial charge >= 0.3 is 0 Å². The van der Waals surface area contributed by atoms with Crippen LogP contribution in [0.4, 0.5) is 0 Å². The highest BCUT2D eigenvalue weighted by atomic mass is 35.7. The van der Waals surface area contributed by atoms with Crippen molar-refractivity contribution in [1.82, 2.24) is 0 Å². The van der Waals surface area contributed by atoms with Gasteiger partial charge in [-0.05, 0) is 35.4 Å². The normalized spacial score (nSPS) is 17.6. The van der Waals surface area contributed by atoms with Gasteiger partial charge in [-0.1, -0.05) is 58.0 Å². The third-order valence-electron chi connectivity index (χ3n) is 3.41. The van der Waals surface area contributed by atoms with Gasteiger partial charge in [-0.3, -0.25) is 0 Å². The summed E-state index contributed by atoms with van der Waals surface area (Å²) >= 11 is 0. The molecule has 0 fully saturated rings. The van der Waals surface area contributed by atoms with Gasteiger partial charge in [0.05, 0.1) is 0 Å². The molecule has 0 bridgehead atoms. The fraction of sp³-hybridized carbons (Fsp3) is 0.105. The lowest BCUT2D eigenvalue weighted by Crippen LogP contribution is -2.68. The van der Waals surface area contributed by atoms with E-state index in [9.17, 15) is 0 Å². The SMILES string of the molecule is C[N+](C)=C1C=CC(=C/C=C2/C=C(c3ccccc3)SS2)C=C1.[O-][Cl+3]([O-])([O-])[O-]. The Balaban J connectivity index is 0.000000465. The fourth-order valence-corrected chi connectivity index (χ4v) is 4.40. The molecule has 0 spiro atoms. The number of nitrogens with zero attached hydrogens (tertiary/aromatic N) is 1. The van der Waals surface area contributed by atoms with E-state index in [1.807, 2.05) is 21.6 Å². The molecule has 1 aliphatic carbocycles. The second-order valence-corrected chi connectivity index (χ2v) is 8.64. The molecule has 0 N–H and O–H groups in total. The van der Waals surface area contributed by atoms with Crippen LogP contribution in [0.3, 0.4) is 0 Å². The second-order valence-electron chi connectivity index (χ2n) is 5.64. The molecule has 1 aromatic carbocycles. The first-order valence-corrected chi connectivity index (χ1v) is 11.2. The average Bonchev–Trinajstić information content (AvgIpc) is 3.09. The zero-order valence-electron chi connectivity index (χ0n) is 14.7. The van der Waals surface area contributed by atoms with Gasteiger partial charge in [0.15, 0.2) is 5.71 Å². The molecule has 27 heavy (non-hydrogen) atoms. The summed E-state index contributed by atoms with van der Waals surface area (Å²) in [6.45, 7) is 0. The van der Waals surface area contributed by atoms with Crippen molar-refractivity contribution < 1.29 is 33.5 Å². The van der Waals surface area contributed by atoms with Crippen molar-refractivity contribution >= 4 is 32.2 Å². The Hall–Kier alpha value is -1.58. The summed E-state index contributed by atoms with van der Waals surface area (Å²) in [5.41, 5.74) is 3.74. The maximum Gasteiger partial charge on any atom is 0.199 e. The van der Waals surface area contributed by atoms with Crippen molar-refractivity contribution in [3.63, 3.8) is 0 Å². The minimum atomic E-state index is -4.94. The van der Waals surface area contributed by atoms with E-state index in [0.29, 0.717) is 0 Å². The average molecular weight is 424 g/mol. The molecule has 0 amide bonds. The summed E-state index contributed by atoms with van der Waals surface area (Å²) in [6, 6.07) is 10.5. The van der Waals surface area contributed by atoms with Crippen molar-refractivity contribution in [2.24, 2.45) is 0 Å². The Morgan fingerprint density at radius 2 is 1.44 bits per heavy atom. The van der Waals surface area contributed by atoms with Crippen LogP contribution in [-0.4, -0.2) is 24.4 Å². The Morgan fingerprint density at radius 1 is 0.852 bits per heavy atom. The summed E-state index contributed by atoms with van der Waals surface area (Å²) in [7, 11) is 2.82. The first-order chi connectivity index (χ1) is 12.7. The summed E-state index contributed by atoms with van der Waals surface area (Å²) in [6.07, 6.45) is 15.2. The van der Waals surface area contributed by atoms with Gasteiger partial charge in [0, 0.05) is 22.0 Å². The maximum atomic E-state index is 8.49. The van der Waals surface area contributed by atoms with Crippen LogP contribution >= 0.6 is 21.6 Å². The third-order valence-corrected chi connectivity index (χ3v) is 5.84. The van der Waals surface area contributed by atoms with Crippen LogP contribution in [0.2, 0.25) is 0 Å². The molecule has 1 aliphatic heterocycles. The van der Waals surface area contributed by atoms with Crippen LogP contribution in [0.15, 0.2) is 83.3 Å². The molecule has 8 heteroatoms. The quantitative estimate of drug-likeness (QED) is 0.502. The molecule has 0 aromatic heterocycles. The van der Waals surface area contributed by atoms with E-state index in [2.05, 4.69) is 91.5 Å². The molecule has 0 unspecified atom stereocenters. The Labute approximate surface area is 168 Å². The van der Waals surface area contributed by atoms with Crippen molar-refractivity contribution in [3.05, 3.63) is 88.9 Å². The molecule has 2 aliphatic rings. The van der Waals surface area contributed by atoms with Gasteiger partial charge in [-0.2, -0.15) is 0 Å². The molecule has 1 aromatic rings. The van der Waals surface area contributed by atoms with E-state index in [1.165, 1.54) is 26.7 Å². The third kappa shape index (κ3) is 8.32. The zero-order valence-corrected chi connectivity index (χ0v) is 17.1. The largest absolute Gasteiger partial charge is 0.235 e. The molecular weight excluding hydrogens is 406 g/mol. The van der Waals surface area contributed by atoms with E-state index < -0.39 is 10.2 Å². The molecule has 0 saturated carbocycles. The predicted molar refractivity (Wildman–Crippen MR) is 101 cm³/mol. The van der Waals surface area contributed by atoms with Crippen LogP contribution in [0.25, 0.3) is 4.91 Å². The van der Waals surface area contributed by atoms with Crippen molar-refractivity contribution in [3.8, 4) is 0 Å². The van der Waals surface area contributed by atoms with Gasteiger partial charge in [0.2, 0.25) is 0 Å². The monoisotopic (exact) mass is 423 g/mol. The van der Waals surface area contributed by atoms with Crippen LogP contribution in [0.1, 0.15) is 5.56 Å². The van der Waals surface area contributed by atoms with Gasteiger partial charge in [-0.25, -0.2) is 23.2 Å². The minimum absolute atomic E-state index is 1.22. The van der Waals surface area contributed by atoms with E-state index in [1.54, 1.807) is 0 Å². The number of hydrogen-bond acceptors (Lipinski definition) is 6. The number of benzene rings is 1. The highest BCUT2D eigenvalue weighted by molar-refractivity contribution is 8.82. The van der Waals surface area contributed by atoms with Crippen LogP contribution in [-0.2, 0) is 0 Å². The molecule has 3 rings (SSSR count). The van der Waals surface area contributed by atoms with Gasteiger partial charge in [-0.15, -0.1) is 10.2 Å². The van der Waals surface area contributed by atoms with E-state index in [4.69, 9.17) is 18.6 Å². The summed E-state index contributed by atoms with van der Waals surface area (Å²) < 4.78 is 36.1. The van der Waals surface area contributed by atoms with Crippen LogP contribution < -0.4 is 18.6 Å². The highest BCUT2D eigenvalue weighted by Gasteiger charge is 2.12. The van der Waals surface area contributed by atoms with Crippen molar-refractivity contribution in [1.29, 1.82) is 0 Å². The number of rotatable bonds is 2. The Bertz CT molecular complexity index is 822. The molecule has 5 nitrogen and oxygen atoms in total. The Morgan fingerprint density at radius 3 is 2.00 bits per heavy atom. The van der Waals surface area contributed by atoms with E-state index in [-0.39, 0.29) is 0 Å². The zero-order chi connectivity index (χ0) is 19.9. The highest BCUT2D eigenvalue weighted by Crippen LogP contribution is 2.49. The topological polar surface area (TPSA) is 95.2 Å². The van der Waals surface area contributed by atoms with Gasteiger partial charge in [0.25, 0.3) is 0 Å². The van der Waals surface area contributed by atoms with E-state index in [0.717, 1.165) is 0 Å². The number of allylic oxidation sites excluding steroid dienone is 8. The van der Waals surface area contributed by atoms with Crippen molar-refractivity contribution in [2.45, 2.75) is 0 Å². The van der Waals surface area contributed by atoms with Crippen molar-refractivity contribution in [2.75, 3.05) is 14.1 Å². The maximum absolute atomic E-state index is 8.49. The molecule has 0 atom stereocenters. The summed E-state index contributed by atoms with van der Waals surface area (Å²) in [5, 5.41) is 0. The first kappa shape index (κ1) is 21.7. The second kappa shape index (κ2) is 10.1. The Kier molecular flexibility index (Phi) is 8.12. The molecular formula is C19H18ClNO4S2. The number of hydrogen-bond donors (Lipinski definition) is 0. The summed E-state index contributed by atoms with van der Waals surface area (Å²) in [4.78, 5) is 2.62. The van der Waals surface area contributed by atoms with Gasteiger partial charge in [0.1, 0.15) is 14.1 Å². The lowest BCUT2D eigenvalue weighted by Gasteiger charge is -2.17. The van der Waals surface area contributed by atoms with Crippen LogP contribution in [0.5, 0.6) is 0 Å². The first-order valence-electron chi connectivity index (χ1n) is 7.78. The van der Waals surface area contributed by atoms with Crippen LogP contribution in [0, 0.1) is 10.2 Å². The standard InChI is InChI=1S/C19H18NS2.ClHO4/c1-20(2)17-11-8-15(9-12-17)10-13-18-14-19(22-21-18)16-6-4-3-5-7-16;2-1(3,4)5/h3-14H,1-2H3;(H,2,3,4,5)/q+1;/p-1/b18-13-;. The molecule has 0 radical (unpaired) electrons. The molecule has 142 valence electrons. The lowest BCUT2D eigenvalue weighted by molar-refractivity contribution is -2.00. The smallest absolute Gasteiger partial charge is 0.199 e. The fourth-order valence-electron chi connectivity index (χ4n) is 2.14.